The van der Waals surface area contributed by atoms with E-state index in [1.807, 2.05) is 0 Å². The summed E-state index contributed by atoms with van der Waals surface area (Å²) in [7, 11) is -1.14. The van der Waals surface area contributed by atoms with Crippen LogP contribution in [0.1, 0.15) is 37.2 Å². The Morgan fingerprint density at radius 2 is 1.47 bits per heavy atom. The Balaban J connectivity index is 2.08. The highest BCUT2D eigenvalue weighted by molar-refractivity contribution is 6.88. The zero-order valence-corrected chi connectivity index (χ0v) is 12.4. The second kappa shape index (κ2) is 4.95. The normalized spacial score (nSPS) is 25.9. The molecule has 2 heteroatoms. The van der Waals surface area contributed by atoms with Gasteiger partial charge < -0.3 is 5.73 Å². The van der Waals surface area contributed by atoms with E-state index in [4.69, 9.17) is 5.73 Å². The highest BCUT2D eigenvalue weighted by atomic mass is 28.3. The maximum atomic E-state index is 5.96. The molecule has 1 aliphatic carbocycles. The minimum absolute atomic E-state index is 0.451. The Hall–Kier alpha value is -0.603. The lowest BCUT2D eigenvalue weighted by Gasteiger charge is -2.27. The molecule has 1 nitrogen and oxygen atoms in total. The molecule has 0 aliphatic heterocycles. The number of benzene rings is 1. The third-order valence-electron chi connectivity index (χ3n) is 4.02. The predicted molar refractivity (Wildman–Crippen MR) is 78.6 cm³/mol. The van der Waals surface area contributed by atoms with Gasteiger partial charge in [0.25, 0.3) is 0 Å². The third-order valence-corrected chi connectivity index (χ3v) is 6.09. The summed E-state index contributed by atoms with van der Waals surface area (Å²) in [6, 6.07) is 9.88. The molecule has 2 rings (SSSR count). The fraction of sp³-hybridized carbons (Fsp3) is 0.600. The third kappa shape index (κ3) is 3.20. The van der Waals surface area contributed by atoms with Gasteiger partial charge in [-0.25, -0.2) is 0 Å². The first-order valence-corrected chi connectivity index (χ1v) is 10.3. The molecule has 2 N–H and O–H groups in total. The van der Waals surface area contributed by atoms with Crippen LogP contribution in [0.3, 0.4) is 0 Å². The Bertz CT molecular complexity index is 356. The summed E-state index contributed by atoms with van der Waals surface area (Å²) >= 11 is 0. The van der Waals surface area contributed by atoms with Crippen molar-refractivity contribution < 1.29 is 0 Å². The molecule has 0 saturated heterocycles. The van der Waals surface area contributed by atoms with Crippen molar-refractivity contribution in [2.24, 2.45) is 5.73 Å². The van der Waals surface area contributed by atoms with E-state index in [1.54, 1.807) is 5.19 Å². The molecule has 94 valence electrons. The first-order valence-electron chi connectivity index (χ1n) is 6.83. The first-order chi connectivity index (χ1) is 7.97. The smallest absolute Gasteiger partial charge is 0.0775 e. The van der Waals surface area contributed by atoms with Crippen LogP contribution >= 0.6 is 0 Å². The van der Waals surface area contributed by atoms with Crippen molar-refractivity contribution in [2.75, 3.05) is 0 Å². The van der Waals surface area contributed by atoms with Gasteiger partial charge in [0.05, 0.1) is 8.07 Å². The fourth-order valence-corrected chi connectivity index (χ4v) is 3.87. The van der Waals surface area contributed by atoms with Gasteiger partial charge in [0.2, 0.25) is 0 Å². The van der Waals surface area contributed by atoms with Gasteiger partial charge in [-0.15, -0.1) is 0 Å². The van der Waals surface area contributed by atoms with Crippen LogP contribution in [-0.2, 0) is 0 Å². The first kappa shape index (κ1) is 12.8. The van der Waals surface area contributed by atoms with Crippen molar-refractivity contribution in [3.05, 3.63) is 29.8 Å². The van der Waals surface area contributed by atoms with Crippen molar-refractivity contribution in [3.8, 4) is 0 Å². The lowest BCUT2D eigenvalue weighted by atomic mass is 9.82. The van der Waals surface area contributed by atoms with E-state index >= 15 is 0 Å². The molecule has 0 spiro atoms. The molecular weight excluding hydrogens is 222 g/mol. The molecule has 1 aromatic carbocycles. The minimum Gasteiger partial charge on any atom is -0.328 e. The van der Waals surface area contributed by atoms with Crippen LogP contribution in [0.2, 0.25) is 19.6 Å². The summed E-state index contributed by atoms with van der Waals surface area (Å²) in [6.07, 6.45) is 4.93. The Kier molecular flexibility index (Phi) is 3.74. The monoisotopic (exact) mass is 247 g/mol. The minimum atomic E-state index is -1.14. The molecule has 1 fully saturated rings. The average molecular weight is 247 g/mol. The van der Waals surface area contributed by atoms with E-state index in [1.165, 1.54) is 31.2 Å². The van der Waals surface area contributed by atoms with Gasteiger partial charge in [-0.05, 0) is 37.2 Å². The Morgan fingerprint density at radius 3 is 1.94 bits per heavy atom. The molecule has 0 amide bonds. The van der Waals surface area contributed by atoms with Crippen molar-refractivity contribution in [1.82, 2.24) is 0 Å². The second-order valence-electron chi connectivity index (χ2n) is 6.48. The molecule has 0 radical (unpaired) electrons. The van der Waals surface area contributed by atoms with Crippen LogP contribution in [-0.4, -0.2) is 14.1 Å². The van der Waals surface area contributed by atoms with Crippen LogP contribution in [0.4, 0.5) is 0 Å². The van der Waals surface area contributed by atoms with Crippen LogP contribution < -0.4 is 10.9 Å². The van der Waals surface area contributed by atoms with Gasteiger partial charge in [0.1, 0.15) is 0 Å². The van der Waals surface area contributed by atoms with Gasteiger partial charge in [-0.1, -0.05) is 49.1 Å². The highest BCUT2D eigenvalue weighted by Crippen LogP contribution is 2.31. The molecule has 1 aliphatic rings. The van der Waals surface area contributed by atoms with Crippen LogP contribution in [0, 0.1) is 0 Å². The molecular formula is C15H25NSi. The summed E-state index contributed by atoms with van der Waals surface area (Å²) in [4.78, 5) is 0. The van der Waals surface area contributed by atoms with E-state index < -0.39 is 8.07 Å². The maximum Gasteiger partial charge on any atom is 0.0775 e. The fourth-order valence-electron chi connectivity index (χ4n) is 2.71. The van der Waals surface area contributed by atoms with Gasteiger partial charge >= 0.3 is 0 Å². The standard InChI is InChI=1S/C15H25NSi/c1-17(2,3)15-10-6-13(7-11-15)12-4-8-14(16)9-5-12/h6-7,10-12,14H,4-5,8-9,16H2,1-3H3. The average Bonchev–Trinajstić information content (AvgIpc) is 2.29. The predicted octanol–water partition coefficient (Wildman–Crippen LogP) is 3.22. The summed E-state index contributed by atoms with van der Waals surface area (Å²) in [5.41, 5.74) is 7.49. The zero-order valence-electron chi connectivity index (χ0n) is 11.4. The molecule has 17 heavy (non-hydrogen) atoms. The summed E-state index contributed by atoms with van der Waals surface area (Å²) < 4.78 is 0. The van der Waals surface area contributed by atoms with Crippen LogP contribution in [0.5, 0.6) is 0 Å². The van der Waals surface area contributed by atoms with Gasteiger partial charge in [-0.2, -0.15) is 0 Å². The molecule has 0 atom stereocenters. The molecule has 1 aromatic rings. The number of hydrogen-bond acceptors (Lipinski definition) is 1. The van der Waals surface area contributed by atoms with Crippen molar-refractivity contribution in [3.63, 3.8) is 0 Å². The number of nitrogens with two attached hydrogens (primary N) is 1. The van der Waals surface area contributed by atoms with E-state index in [9.17, 15) is 0 Å². The SMILES string of the molecule is C[Si](C)(C)c1ccc(C2CCC(N)CC2)cc1. The van der Waals surface area contributed by atoms with E-state index in [0.29, 0.717) is 6.04 Å². The van der Waals surface area contributed by atoms with Crippen LogP contribution in [0.15, 0.2) is 24.3 Å². The lowest BCUT2D eigenvalue weighted by molar-refractivity contribution is 0.395. The highest BCUT2D eigenvalue weighted by Gasteiger charge is 2.21. The number of rotatable bonds is 2. The van der Waals surface area contributed by atoms with Gasteiger partial charge in [0, 0.05) is 6.04 Å². The molecule has 1 saturated carbocycles. The van der Waals surface area contributed by atoms with Gasteiger partial charge in [-0.3, -0.25) is 0 Å². The molecule has 0 bridgehead atoms. The van der Waals surface area contributed by atoms with Crippen molar-refractivity contribution >= 4 is 13.3 Å². The quantitative estimate of drug-likeness (QED) is 0.798. The van der Waals surface area contributed by atoms with Gasteiger partial charge in [0.15, 0.2) is 0 Å². The van der Waals surface area contributed by atoms with Crippen LogP contribution in [0.25, 0.3) is 0 Å². The van der Waals surface area contributed by atoms with E-state index in [0.717, 1.165) is 5.92 Å². The Morgan fingerprint density at radius 1 is 0.941 bits per heavy atom. The molecule has 0 heterocycles. The van der Waals surface area contributed by atoms with E-state index in [-0.39, 0.29) is 0 Å². The topological polar surface area (TPSA) is 26.0 Å². The molecule has 0 aromatic heterocycles. The maximum absolute atomic E-state index is 5.96. The van der Waals surface area contributed by atoms with Crippen molar-refractivity contribution in [2.45, 2.75) is 57.3 Å². The second-order valence-corrected chi connectivity index (χ2v) is 11.6. The zero-order chi connectivity index (χ0) is 12.5. The number of hydrogen-bond donors (Lipinski definition) is 1. The lowest BCUT2D eigenvalue weighted by Crippen LogP contribution is -2.37. The summed E-state index contributed by atoms with van der Waals surface area (Å²) in [5.74, 6) is 0.755. The summed E-state index contributed by atoms with van der Waals surface area (Å²) in [6.45, 7) is 7.21. The molecule has 0 unspecified atom stereocenters. The summed E-state index contributed by atoms with van der Waals surface area (Å²) in [5, 5.41) is 1.56. The van der Waals surface area contributed by atoms with E-state index in [2.05, 4.69) is 43.9 Å². The Labute approximate surface area is 106 Å². The largest absolute Gasteiger partial charge is 0.328 e. The van der Waals surface area contributed by atoms with Crippen molar-refractivity contribution in [1.29, 1.82) is 0 Å².